The zero-order chi connectivity index (χ0) is 14.1. The van der Waals surface area contributed by atoms with Crippen LogP contribution in [0.4, 0.5) is 4.39 Å². The van der Waals surface area contributed by atoms with Crippen LogP contribution in [0.1, 0.15) is 16.5 Å². The first-order valence-corrected chi connectivity index (χ1v) is 8.30. The third-order valence-electron chi connectivity index (χ3n) is 3.25. The second kappa shape index (κ2) is 5.84. The summed E-state index contributed by atoms with van der Waals surface area (Å²) in [5, 5.41) is 3.19. The summed E-state index contributed by atoms with van der Waals surface area (Å²) in [5.74, 6) is -0.218. The number of alkyl halides is 1. The van der Waals surface area contributed by atoms with Crippen molar-refractivity contribution in [3.05, 3.63) is 69.3 Å². The fraction of sp³-hybridized carbons (Fsp3) is 0.125. The van der Waals surface area contributed by atoms with Crippen molar-refractivity contribution < 1.29 is 4.39 Å². The molecule has 0 N–H and O–H groups in total. The lowest BCUT2D eigenvalue weighted by Gasteiger charge is -2.09. The summed E-state index contributed by atoms with van der Waals surface area (Å²) < 4.78 is 15.2. The Morgan fingerprint density at radius 2 is 1.90 bits per heavy atom. The maximum Gasteiger partial charge on any atom is 0.123 e. The Bertz CT molecular complexity index is 736. The van der Waals surface area contributed by atoms with E-state index in [9.17, 15) is 4.39 Å². The molecule has 20 heavy (non-hydrogen) atoms. The number of fused-ring (bicyclic) bond motifs is 1. The van der Waals surface area contributed by atoms with E-state index in [2.05, 4.69) is 27.4 Å². The van der Waals surface area contributed by atoms with Crippen LogP contribution in [0.15, 0.2) is 52.3 Å². The number of hydrogen-bond acceptors (Lipinski definition) is 1. The number of halogens is 3. The lowest BCUT2D eigenvalue weighted by molar-refractivity contribution is 0.627. The van der Waals surface area contributed by atoms with Crippen molar-refractivity contribution in [3.8, 4) is 0 Å². The number of hydrogen-bond donors (Lipinski definition) is 0. The van der Waals surface area contributed by atoms with Gasteiger partial charge in [-0.3, -0.25) is 0 Å². The van der Waals surface area contributed by atoms with E-state index in [0.29, 0.717) is 6.42 Å². The van der Waals surface area contributed by atoms with Crippen molar-refractivity contribution in [2.45, 2.75) is 11.8 Å². The normalized spacial score (nSPS) is 12.8. The average molecular weight is 370 g/mol. The quantitative estimate of drug-likeness (QED) is 0.473. The summed E-state index contributed by atoms with van der Waals surface area (Å²) in [6.45, 7) is 0. The third-order valence-corrected chi connectivity index (χ3v) is 5.61. The molecule has 0 fully saturated rings. The van der Waals surface area contributed by atoms with Crippen LogP contribution in [0, 0.1) is 5.82 Å². The van der Waals surface area contributed by atoms with Crippen LogP contribution in [-0.2, 0) is 6.42 Å². The topological polar surface area (TPSA) is 0 Å². The average Bonchev–Trinajstić information content (AvgIpc) is 2.87. The summed E-state index contributed by atoms with van der Waals surface area (Å²) in [6, 6.07) is 12.7. The minimum Gasteiger partial charge on any atom is -0.207 e. The molecule has 1 unspecified atom stereocenters. The predicted molar refractivity (Wildman–Crippen MR) is 88.2 cm³/mol. The van der Waals surface area contributed by atoms with E-state index < -0.39 is 0 Å². The Kier molecular flexibility index (Phi) is 4.11. The number of rotatable bonds is 3. The molecule has 0 bridgehead atoms. The zero-order valence-electron chi connectivity index (χ0n) is 10.4. The molecule has 0 aliphatic rings. The van der Waals surface area contributed by atoms with E-state index in [1.54, 1.807) is 23.5 Å². The summed E-state index contributed by atoms with van der Waals surface area (Å²) in [7, 11) is 0. The maximum absolute atomic E-state index is 12.9. The molecule has 0 aliphatic carbocycles. The molecule has 0 nitrogen and oxygen atoms in total. The molecule has 102 valence electrons. The van der Waals surface area contributed by atoms with Gasteiger partial charge in [-0.05, 0) is 62.4 Å². The van der Waals surface area contributed by atoms with Crippen molar-refractivity contribution in [1.82, 2.24) is 0 Å². The largest absolute Gasteiger partial charge is 0.207 e. The highest BCUT2D eigenvalue weighted by Crippen LogP contribution is 2.38. The van der Waals surface area contributed by atoms with E-state index in [-0.39, 0.29) is 11.2 Å². The molecule has 1 atom stereocenters. The minimum atomic E-state index is -0.218. The molecule has 0 amide bonds. The SMILES string of the molecule is Fc1ccc(CC(Cl)c2csc3c(Br)cccc23)cc1. The fourth-order valence-corrected chi connectivity index (χ4v) is 4.33. The van der Waals surface area contributed by atoms with Gasteiger partial charge in [-0.25, -0.2) is 4.39 Å². The Labute approximate surface area is 134 Å². The Balaban J connectivity index is 1.91. The minimum absolute atomic E-state index is 0.108. The van der Waals surface area contributed by atoms with Gasteiger partial charge in [0.05, 0.1) is 5.38 Å². The van der Waals surface area contributed by atoms with Gasteiger partial charge in [0.15, 0.2) is 0 Å². The van der Waals surface area contributed by atoms with Gasteiger partial charge in [0.2, 0.25) is 0 Å². The van der Waals surface area contributed by atoms with Crippen LogP contribution in [0.3, 0.4) is 0 Å². The van der Waals surface area contributed by atoms with Gasteiger partial charge < -0.3 is 0 Å². The van der Waals surface area contributed by atoms with Gasteiger partial charge in [-0.15, -0.1) is 22.9 Å². The Hall–Kier alpha value is -0.900. The fourth-order valence-electron chi connectivity index (χ4n) is 2.22. The first-order valence-electron chi connectivity index (χ1n) is 6.19. The van der Waals surface area contributed by atoms with E-state index in [4.69, 9.17) is 11.6 Å². The van der Waals surface area contributed by atoms with Gasteiger partial charge in [-0.2, -0.15) is 0 Å². The number of benzene rings is 2. The maximum atomic E-state index is 12.9. The molecule has 3 aromatic rings. The van der Waals surface area contributed by atoms with Gasteiger partial charge in [0.1, 0.15) is 5.82 Å². The standard InChI is InChI=1S/C16H11BrClFS/c17-14-3-1-2-12-13(9-20-16(12)14)15(18)8-10-4-6-11(19)7-5-10/h1-7,9,15H,8H2. The zero-order valence-corrected chi connectivity index (χ0v) is 13.6. The van der Waals surface area contributed by atoms with Gasteiger partial charge in [0.25, 0.3) is 0 Å². The molecule has 2 aromatic carbocycles. The van der Waals surface area contributed by atoms with Gasteiger partial charge in [-0.1, -0.05) is 24.3 Å². The number of thiophene rings is 1. The van der Waals surface area contributed by atoms with Crippen molar-refractivity contribution in [1.29, 1.82) is 0 Å². The summed E-state index contributed by atoms with van der Waals surface area (Å²) in [4.78, 5) is 0. The second-order valence-electron chi connectivity index (χ2n) is 4.61. The third kappa shape index (κ3) is 2.76. The van der Waals surface area contributed by atoms with Crippen LogP contribution >= 0.6 is 38.9 Å². The molecule has 0 saturated heterocycles. The van der Waals surface area contributed by atoms with E-state index in [0.717, 1.165) is 15.6 Å². The molecule has 0 spiro atoms. The molecule has 1 heterocycles. The van der Waals surface area contributed by atoms with Crippen molar-refractivity contribution in [3.63, 3.8) is 0 Å². The highest BCUT2D eigenvalue weighted by Gasteiger charge is 2.15. The van der Waals surface area contributed by atoms with Crippen molar-refractivity contribution in [2.24, 2.45) is 0 Å². The molecule has 0 radical (unpaired) electrons. The van der Waals surface area contributed by atoms with Crippen LogP contribution in [0.2, 0.25) is 0 Å². The molecule has 3 rings (SSSR count). The van der Waals surface area contributed by atoms with Crippen LogP contribution in [0.25, 0.3) is 10.1 Å². The molecule has 1 aromatic heterocycles. The Morgan fingerprint density at radius 3 is 2.65 bits per heavy atom. The summed E-state index contributed by atoms with van der Waals surface area (Å²) >= 11 is 11.8. The molecule has 0 saturated carbocycles. The lowest BCUT2D eigenvalue weighted by Crippen LogP contribution is -1.95. The van der Waals surface area contributed by atoms with Gasteiger partial charge >= 0.3 is 0 Å². The first kappa shape index (κ1) is 14.1. The van der Waals surface area contributed by atoms with Crippen LogP contribution in [-0.4, -0.2) is 0 Å². The summed E-state index contributed by atoms with van der Waals surface area (Å²) in [6.07, 6.45) is 0.695. The van der Waals surface area contributed by atoms with Crippen molar-refractivity contribution >= 4 is 49.0 Å². The Morgan fingerprint density at radius 1 is 1.15 bits per heavy atom. The first-order chi connectivity index (χ1) is 9.65. The predicted octanol–water partition coefficient (Wildman–Crippen LogP) is 6.33. The smallest absolute Gasteiger partial charge is 0.123 e. The van der Waals surface area contributed by atoms with Crippen LogP contribution in [0.5, 0.6) is 0 Å². The van der Waals surface area contributed by atoms with Crippen LogP contribution < -0.4 is 0 Å². The van der Waals surface area contributed by atoms with E-state index in [1.165, 1.54) is 22.2 Å². The van der Waals surface area contributed by atoms with Crippen molar-refractivity contribution in [2.75, 3.05) is 0 Å². The molecule has 4 heteroatoms. The van der Waals surface area contributed by atoms with E-state index >= 15 is 0 Å². The highest BCUT2D eigenvalue weighted by atomic mass is 79.9. The lowest BCUT2D eigenvalue weighted by atomic mass is 10.0. The molecular weight excluding hydrogens is 359 g/mol. The highest BCUT2D eigenvalue weighted by molar-refractivity contribution is 9.10. The molecule has 0 aliphatic heterocycles. The monoisotopic (exact) mass is 368 g/mol. The van der Waals surface area contributed by atoms with Gasteiger partial charge in [0, 0.05) is 9.17 Å². The molecular formula is C16H11BrClFS. The second-order valence-corrected chi connectivity index (χ2v) is 6.87. The van der Waals surface area contributed by atoms with E-state index in [1.807, 2.05) is 12.1 Å². The summed E-state index contributed by atoms with van der Waals surface area (Å²) in [5.41, 5.74) is 2.18.